The molecule has 2 aromatic carbocycles. The van der Waals surface area contributed by atoms with Gasteiger partial charge in [0.2, 0.25) is 0 Å². The second-order valence-corrected chi connectivity index (χ2v) is 6.70. The number of benzene rings is 1. The third kappa shape index (κ3) is 2.70. The highest BCUT2D eigenvalue weighted by molar-refractivity contribution is 7.16. The summed E-state index contributed by atoms with van der Waals surface area (Å²) in [6.45, 7) is 1.96. The average Bonchev–Trinajstić information content (AvgIpc) is 3.14. The number of hydrogen-bond acceptors (Lipinski definition) is 6. The second-order valence-electron chi connectivity index (χ2n) is 5.81. The van der Waals surface area contributed by atoms with Crippen LogP contribution in [0.3, 0.4) is 0 Å². The van der Waals surface area contributed by atoms with Crippen molar-refractivity contribution in [1.29, 1.82) is 0 Å². The second kappa shape index (κ2) is 6.14. The smallest absolute Gasteiger partial charge is 0.253 e. The molecule has 0 fully saturated rings. The van der Waals surface area contributed by atoms with Crippen LogP contribution in [0.5, 0.6) is 0 Å². The molecule has 2 aromatic heterocycles. The molecule has 0 unspecified atom stereocenters. The van der Waals surface area contributed by atoms with Crippen molar-refractivity contribution in [3.8, 4) is 0 Å². The molecule has 2 heterocycles. The number of anilines is 3. The van der Waals surface area contributed by atoms with Gasteiger partial charge in [-0.3, -0.25) is 9.59 Å². The zero-order valence-corrected chi connectivity index (χ0v) is 14.3. The van der Waals surface area contributed by atoms with Gasteiger partial charge < -0.3 is 10.6 Å². The largest absolute Gasteiger partial charge is 0.373 e. The summed E-state index contributed by atoms with van der Waals surface area (Å²) < 4.78 is 0. The van der Waals surface area contributed by atoms with Gasteiger partial charge in [0.15, 0.2) is 0 Å². The topological polar surface area (TPSA) is 71.1 Å². The Labute approximate surface area is 147 Å². The van der Waals surface area contributed by atoms with Gasteiger partial charge in [0.1, 0.15) is 16.2 Å². The van der Waals surface area contributed by atoms with Crippen LogP contribution < -0.4 is 21.5 Å². The third-order valence-corrected chi connectivity index (χ3v) is 5.02. The number of nitrogens with one attached hydrogen (secondary N) is 2. The van der Waals surface area contributed by atoms with Crippen LogP contribution in [0.25, 0.3) is 10.2 Å². The van der Waals surface area contributed by atoms with Crippen molar-refractivity contribution in [1.82, 2.24) is 4.98 Å². The van der Waals surface area contributed by atoms with Gasteiger partial charge in [-0.2, -0.15) is 0 Å². The van der Waals surface area contributed by atoms with Crippen LogP contribution in [0, 0.1) is 0 Å². The van der Waals surface area contributed by atoms with E-state index in [4.69, 9.17) is 0 Å². The lowest BCUT2D eigenvalue weighted by molar-refractivity contribution is 0.880. The molecule has 0 saturated heterocycles. The zero-order valence-electron chi connectivity index (χ0n) is 13.4. The van der Waals surface area contributed by atoms with Gasteiger partial charge in [-0.1, -0.05) is 30.3 Å². The van der Waals surface area contributed by atoms with Crippen LogP contribution in [-0.4, -0.2) is 4.98 Å². The SMILES string of the molecule is C[C@@H](Nc1c(Nc2ccnc3sccc23)c(=O)c1=O)c1ccccc1. The highest BCUT2D eigenvalue weighted by Crippen LogP contribution is 2.30. The molecular weight excluding hydrogens is 334 g/mol. The van der Waals surface area contributed by atoms with Gasteiger partial charge in [0.25, 0.3) is 10.9 Å². The van der Waals surface area contributed by atoms with E-state index in [0.29, 0.717) is 11.4 Å². The number of pyridine rings is 1. The van der Waals surface area contributed by atoms with Crippen molar-refractivity contribution in [2.75, 3.05) is 10.6 Å². The minimum Gasteiger partial charge on any atom is -0.373 e. The van der Waals surface area contributed by atoms with Crippen LogP contribution >= 0.6 is 11.3 Å². The number of fused-ring (bicyclic) bond motifs is 1. The predicted octanol–water partition coefficient (Wildman–Crippen LogP) is 3.81. The molecule has 5 nitrogen and oxygen atoms in total. The monoisotopic (exact) mass is 349 g/mol. The van der Waals surface area contributed by atoms with Crippen molar-refractivity contribution in [3.63, 3.8) is 0 Å². The van der Waals surface area contributed by atoms with E-state index in [-0.39, 0.29) is 6.04 Å². The minimum atomic E-state index is -0.497. The maximum atomic E-state index is 12.0. The van der Waals surface area contributed by atoms with Crippen LogP contribution in [0.1, 0.15) is 18.5 Å². The van der Waals surface area contributed by atoms with E-state index in [0.717, 1.165) is 21.5 Å². The van der Waals surface area contributed by atoms with Gasteiger partial charge in [-0.15, -0.1) is 11.3 Å². The molecule has 0 aliphatic carbocycles. The third-order valence-electron chi connectivity index (χ3n) is 4.20. The molecule has 0 amide bonds. The summed E-state index contributed by atoms with van der Waals surface area (Å²) in [5.41, 5.74) is 1.48. The van der Waals surface area contributed by atoms with Crippen LogP contribution in [-0.2, 0) is 0 Å². The lowest BCUT2D eigenvalue weighted by Crippen LogP contribution is -2.37. The molecule has 0 aliphatic heterocycles. The number of aromatic nitrogens is 1. The Kier molecular flexibility index (Phi) is 3.82. The molecule has 0 bridgehead atoms. The number of hydrogen-bond donors (Lipinski definition) is 2. The predicted molar refractivity (Wildman–Crippen MR) is 103 cm³/mol. The summed E-state index contributed by atoms with van der Waals surface area (Å²) in [5.74, 6) is 0. The van der Waals surface area contributed by atoms with Crippen molar-refractivity contribution in [2.24, 2.45) is 0 Å². The quantitative estimate of drug-likeness (QED) is 0.536. The van der Waals surface area contributed by atoms with E-state index in [1.54, 1.807) is 12.3 Å². The Bertz CT molecular complexity index is 1110. The molecule has 2 N–H and O–H groups in total. The molecule has 0 saturated carbocycles. The highest BCUT2D eigenvalue weighted by Gasteiger charge is 2.23. The molecule has 0 radical (unpaired) electrons. The Hall–Kier alpha value is -2.99. The van der Waals surface area contributed by atoms with Gasteiger partial charge in [-0.25, -0.2) is 4.98 Å². The Morgan fingerprint density at radius 1 is 1.00 bits per heavy atom. The first-order valence-electron chi connectivity index (χ1n) is 7.89. The van der Waals surface area contributed by atoms with Crippen molar-refractivity contribution in [2.45, 2.75) is 13.0 Å². The number of thiophene rings is 1. The lowest BCUT2D eigenvalue weighted by Gasteiger charge is -2.20. The molecular formula is C19H15N3O2S. The fourth-order valence-corrected chi connectivity index (χ4v) is 3.57. The fraction of sp³-hybridized carbons (Fsp3) is 0.105. The number of rotatable bonds is 5. The average molecular weight is 349 g/mol. The van der Waals surface area contributed by atoms with Crippen molar-refractivity contribution < 1.29 is 0 Å². The molecule has 0 spiro atoms. The summed E-state index contributed by atoms with van der Waals surface area (Å²) in [5, 5.41) is 9.15. The molecule has 0 aliphatic rings. The number of nitrogens with zero attached hydrogens (tertiary/aromatic N) is 1. The minimum absolute atomic E-state index is 0.0799. The first kappa shape index (κ1) is 15.5. The van der Waals surface area contributed by atoms with Gasteiger partial charge in [-0.05, 0) is 30.0 Å². The molecule has 124 valence electrons. The van der Waals surface area contributed by atoms with E-state index in [2.05, 4.69) is 15.6 Å². The summed E-state index contributed by atoms with van der Waals surface area (Å²) >= 11 is 1.53. The van der Waals surface area contributed by atoms with E-state index in [1.807, 2.05) is 48.7 Å². The van der Waals surface area contributed by atoms with Crippen LogP contribution in [0.4, 0.5) is 17.1 Å². The van der Waals surface area contributed by atoms with Crippen LogP contribution in [0.15, 0.2) is 63.6 Å². The fourth-order valence-electron chi connectivity index (χ4n) is 2.81. The molecule has 4 aromatic rings. The van der Waals surface area contributed by atoms with Crippen molar-refractivity contribution in [3.05, 3.63) is 80.1 Å². The maximum Gasteiger partial charge on any atom is 0.253 e. The van der Waals surface area contributed by atoms with Gasteiger partial charge in [0, 0.05) is 17.6 Å². The summed E-state index contributed by atoms with van der Waals surface area (Å²) in [4.78, 5) is 29.2. The molecule has 4 rings (SSSR count). The standard InChI is InChI=1S/C19H15N3O2S/c1-11(12-5-3-2-4-6-12)21-15-16(18(24)17(15)23)22-14-7-9-20-19-13(14)8-10-25-19/h2-11,21H,1H3,(H,20,22)/t11-/m1/s1. The molecule has 6 heteroatoms. The van der Waals surface area contributed by atoms with E-state index in [1.165, 1.54) is 11.3 Å². The summed E-state index contributed by atoms with van der Waals surface area (Å²) in [6, 6.07) is 13.5. The van der Waals surface area contributed by atoms with Crippen LogP contribution in [0.2, 0.25) is 0 Å². The first-order valence-corrected chi connectivity index (χ1v) is 8.77. The summed E-state index contributed by atoms with van der Waals surface area (Å²) in [7, 11) is 0. The van der Waals surface area contributed by atoms with E-state index in [9.17, 15) is 9.59 Å². The maximum absolute atomic E-state index is 12.0. The molecule has 25 heavy (non-hydrogen) atoms. The van der Waals surface area contributed by atoms with Crippen molar-refractivity contribution >= 4 is 38.6 Å². The van der Waals surface area contributed by atoms with Gasteiger partial charge >= 0.3 is 0 Å². The normalized spacial score (nSPS) is 12.4. The summed E-state index contributed by atoms with van der Waals surface area (Å²) in [6.07, 6.45) is 1.69. The Morgan fingerprint density at radius 3 is 2.56 bits per heavy atom. The first-order chi connectivity index (χ1) is 12.1. The van der Waals surface area contributed by atoms with E-state index >= 15 is 0 Å². The highest BCUT2D eigenvalue weighted by atomic mass is 32.1. The van der Waals surface area contributed by atoms with E-state index < -0.39 is 10.9 Å². The lowest BCUT2D eigenvalue weighted by atomic mass is 10.1. The Morgan fingerprint density at radius 2 is 1.76 bits per heavy atom. The Balaban J connectivity index is 1.64. The molecule has 1 atom stereocenters. The van der Waals surface area contributed by atoms with Gasteiger partial charge in [0.05, 0.1) is 5.69 Å². The zero-order chi connectivity index (χ0) is 17.4.